The minimum atomic E-state index is 0.429. The molecule has 0 heterocycles. The van der Waals surface area contributed by atoms with Crippen LogP contribution in [0.3, 0.4) is 0 Å². The molecule has 1 aliphatic carbocycles. The largest absolute Gasteiger partial charge is 0.313 e. The monoisotopic (exact) mass is 345 g/mol. The second-order valence-corrected chi connectivity index (χ2v) is 8.83. The van der Waals surface area contributed by atoms with Gasteiger partial charge in [0.05, 0.1) is 10.0 Å². The molecule has 0 bridgehead atoms. The first-order valence-electron chi connectivity index (χ1n) is 7.76. The van der Waals surface area contributed by atoms with Crippen molar-refractivity contribution in [2.24, 2.45) is 5.41 Å². The zero-order valence-electron chi connectivity index (χ0n) is 13.1. The highest BCUT2D eigenvalue weighted by Crippen LogP contribution is 2.43. The van der Waals surface area contributed by atoms with E-state index in [1.54, 1.807) is 0 Å². The van der Waals surface area contributed by atoms with E-state index in [1.165, 1.54) is 30.6 Å². The number of rotatable bonds is 5. The highest BCUT2D eigenvalue weighted by Gasteiger charge is 2.35. The van der Waals surface area contributed by atoms with E-state index >= 15 is 0 Å². The van der Waals surface area contributed by atoms with E-state index in [1.807, 2.05) is 23.9 Å². The van der Waals surface area contributed by atoms with Crippen molar-refractivity contribution in [2.75, 3.05) is 6.54 Å². The van der Waals surface area contributed by atoms with E-state index in [0.717, 1.165) is 6.54 Å². The SMILES string of the molecule is CCCNC1CCC(C)(C)CC1Sc1ccc(Cl)c(Cl)c1. The normalized spacial score (nSPS) is 25.0. The summed E-state index contributed by atoms with van der Waals surface area (Å²) >= 11 is 14.1. The van der Waals surface area contributed by atoms with Crippen LogP contribution in [0, 0.1) is 5.41 Å². The third-order valence-electron chi connectivity index (χ3n) is 4.17. The third-order valence-corrected chi connectivity index (χ3v) is 6.23. The van der Waals surface area contributed by atoms with E-state index in [-0.39, 0.29) is 0 Å². The number of hydrogen-bond donors (Lipinski definition) is 1. The Hall–Kier alpha value is 0.110. The third kappa shape index (κ3) is 5.06. The van der Waals surface area contributed by atoms with Crippen molar-refractivity contribution in [3.63, 3.8) is 0 Å². The van der Waals surface area contributed by atoms with Gasteiger partial charge in [-0.3, -0.25) is 0 Å². The smallest absolute Gasteiger partial charge is 0.0603 e. The number of thioether (sulfide) groups is 1. The second kappa shape index (κ2) is 7.59. The second-order valence-electron chi connectivity index (χ2n) is 6.70. The van der Waals surface area contributed by atoms with Crippen LogP contribution in [-0.4, -0.2) is 17.8 Å². The summed E-state index contributed by atoms with van der Waals surface area (Å²) in [4.78, 5) is 1.22. The van der Waals surface area contributed by atoms with Crippen molar-refractivity contribution in [1.29, 1.82) is 0 Å². The van der Waals surface area contributed by atoms with Gasteiger partial charge in [0.25, 0.3) is 0 Å². The van der Waals surface area contributed by atoms with Gasteiger partial charge in [-0.2, -0.15) is 0 Å². The molecule has 2 unspecified atom stereocenters. The highest BCUT2D eigenvalue weighted by atomic mass is 35.5. The van der Waals surface area contributed by atoms with Crippen LogP contribution < -0.4 is 5.32 Å². The van der Waals surface area contributed by atoms with E-state index in [4.69, 9.17) is 23.2 Å². The lowest BCUT2D eigenvalue weighted by Crippen LogP contribution is -2.45. The Labute approximate surface area is 143 Å². The topological polar surface area (TPSA) is 12.0 Å². The molecule has 1 aromatic carbocycles. The van der Waals surface area contributed by atoms with Crippen molar-refractivity contribution in [3.05, 3.63) is 28.2 Å². The van der Waals surface area contributed by atoms with Crippen molar-refractivity contribution >= 4 is 35.0 Å². The van der Waals surface area contributed by atoms with E-state index in [0.29, 0.717) is 26.8 Å². The van der Waals surface area contributed by atoms with Crippen LogP contribution in [0.1, 0.15) is 46.5 Å². The molecular formula is C17H25Cl2NS. The highest BCUT2D eigenvalue weighted by molar-refractivity contribution is 8.00. The Morgan fingerprint density at radius 2 is 2.05 bits per heavy atom. The summed E-state index contributed by atoms with van der Waals surface area (Å²) in [6, 6.07) is 6.57. The fourth-order valence-electron chi connectivity index (χ4n) is 2.93. The molecule has 1 N–H and O–H groups in total. The average molecular weight is 346 g/mol. The maximum absolute atomic E-state index is 6.15. The molecule has 1 saturated carbocycles. The molecule has 0 aliphatic heterocycles. The van der Waals surface area contributed by atoms with Gasteiger partial charge in [-0.25, -0.2) is 0 Å². The van der Waals surface area contributed by atoms with Gasteiger partial charge in [0, 0.05) is 16.2 Å². The molecule has 4 heteroatoms. The standard InChI is InChI=1S/C17H25Cl2NS/c1-4-9-20-15-7-8-17(2,3)11-16(15)21-12-5-6-13(18)14(19)10-12/h5-6,10,15-16,20H,4,7-9,11H2,1-3H3. The van der Waals surface area contributed by atoms with Gasteiger partial charge in [-0.05, 0) is 55.8 Å². The van der Waals surface area contributed by atoms with Gasteiger partial charge in [-0.1, -0.05) is 44.0 Å². The Balaban J connectivity index is 2.09. The molecule has 1 nitrogen and oxygen atoms in total. The number of halogens is 2. The van der Waals surface area contributed by atoms with Crippen molar-refractivity contribution in [3.8, 4) is 0 Å². The lowest BCUT2D eigenvalue weighted by molar-refractivity contribution is 0.214. The molecule has 2 rings (SSSR count). The first-order chi connectivity index (χ1) is 9.91. The maximum Gasteiger partial charge on any atom is 0.0603 e. The van der Waals surface area contributed by atoms with Crippen molar-refractivity contribution < 1.29 is 0 Å². The minimum absolute atomic E-state index is 0.429. The number of hydrogen-bond acceptors (Lipinski definition) is 2. The molecule has 0 radical (unpaired) electrons. The van der Waals surface area contributed by atoms with Crippen LogP contribution in [0.4, 0.5) is 0 Å². The number of benzene rings is 1. The Kier molecular flexibility index (Phi) is 6.31. The lowest BCUT2D eigenvalue weighted by atomic mass is 9.75. The van der Waals surface area contributed by atoms with Crippen LogP contribution in [-0.2, 0) is 0 Å². The Morgan fingerprint density at radius 3 is 2.71 bits per heavy atom. The van der Waals surface area contributed by atoms with E-state index in [9.17, 15) is 0 Å². The van der Waals surface area contributed by atoms with E-state index < -0.39 is 0 Å². The summed E-state index contributed by atoms with van der Waals surface area (Å²) in [6.45, 7) is 8.08. The van der Waals surface area contributed by atoms with Crippen molar-refractivity contribution in [2.45, 2.75) is 62.6 Å². The molecule has 21 heavy (non-hydrogen) atoms. The molecule has 1 fully saturated rings. The summed E-state index contributed by atoms with van der Waals surface area (Å²) < 4.78 is 0. The van der Waals surface area contributed by atoms with Gasteiger partial charge >= 0.3 is 0 Å². The average Bonchev–Trinajstić information content (AvgIpc) is 2.41. The zero-order valence-corrected chi connectivity index (χ0v) is 15.4. The predicted octanol–water partition coefficient (Wildman–Crippen LogP) is 6.03. The van der Waals surface area contributed by atoms with Gasteiger partial charge in [0.15, 0.2) is 0 Å². The minimum Gasteiger partial charge on any atom is -0.313 e. The first kappa shape index (κ1) is 17.5. The zero-order chi connectivity index (χ0) is 15.5. The van der Waals surface area contributed by atoms with Crippen LogP contribution in [0.2, 0.25) is 10.0 Å². The first-order valence-corrected chi connectivity index (χ1v) is 9.40. The lowest BCUT2D eigenvalue weighted by Gasteiger charge is -2.41. The van der Waals surface area contributed by atoms with Crippen LogP contribution in [0.5, 0.6) is 0 Å². The molecule has 2 atom stereocenters. The van der Waals surface area contributed by atoms with Crippen LogP contribution >= 0.6 is 35.0 Å². The molecule has 118 valence electrons. The summed E-state index contributed by atoms with van der Waals surface area (Å²) in [5.74, 6) is 0. The Bertz CT molecular complexity index is 476. The molecule has 0 spiro atoms. The Morgan fingerprint density at radius 1 is 1.29 bits per heavy atom. The molecule has 0 amide bonds. The molecule has 1 aromatic rings. The maximum atomic E-state index is 6.15. The molecule has 1 aliphatic rings. The van der Waals surface area contributed by atoms with Crippen LogP contribution in [0.25, 0.3) is 0 Å². The van der Waals surface area contributed by atoms with Gasteiger partial charge in [0.2, 0.25) is 0 Å². The summed E-state index contributed by atoms with van der Waals surface area (Å²) in [5, 5.41) is 5.60. The predicted molar refractivity (Wildman–Crippen MR) is 95.8 cm³/mol. The molecule has 0 aromatic heterocycles. The van der Waals surface area contributed by atoms with Gasteiger partial charge < -0.3 is 5.32 Å². The quantitative estimate of drug-likeness (QED) is 0.698. The summed E-state index contributed by atoms with van der Waals surface area (Å²) in [7, 11) is 0. The number of nitrogens with one attached hydrogen (secondary N) is 1. The van der Waals surface area contributed by atoms with Gasteiger partial charge in [0.1, 0.15) is 0 Å². The molecular weight excluding hydrogens is 321 g/mol. The summed E-state index contributed by atoms with van der Waals surface area (Å²) in [5.41, 5.74) is 0.429. The molecule has 0 saturated heterocycles. The van der Waals surface area contributed by atoms with Crippen molar-refractivity contribution in [1.82, 2.24) is 5.32 Å². The van der Waals surface area contributed by atoms with Crippen LogP contribution in [0.15, 0.2) is 23.1 Å². The van der Waals surface area contributed by atoms with E-state index in [2.05, 4.69) is 32.2 Å². The van der Waals surface area contributed by atoms with Gasteiger partial charge in [-0.15, -0.1) is 11.8 Å². The fraction of sp³-hybridized carbons (Fsp3) is 0.647. The summed E-state index contributed by atoms with van der Waals surface area (Å²) in [6.07, 6.45) is 4.97. The fourth-order valence-corrected chi connectivity index (χ4v) is 4.91.